The lowest BCUT2D eigenvalue weighted by Crippen LogP contribution is -2.76. The molecule has 0 saturated carbocycles. The summed E-state index contributed by atoms with van der Waals surface area (Å²) in [4.78, 5) is 51.6. The Bertz CT molecular complexity index is 895. The average Bonchev–Trinajstić information content (AvgIpc) is 3.16. The number of Topliss-reactive ketones (excluding diaryl/α,β-unsaturated/α-hetero) is 1. The zero-order valence-corrected chi connectivity index (χ0v) is 16.9. The highest BCUT2D eigenvalue weighted by molar-refractivity contribution is 5.93. The van der Waals surface area contributed by atoms with Crippen molar-refractivity contribution < 1.29 is 39.1 Å². The molecular weight excluding hydrogens is 396 g/mol. The Morgan fingerprint density at radius 3 is 2.33 bits per heavy atom. The molecule has 4 rings (SSSR count). The molecule has 3 atom stereocenters. The number of hydrogen-bond acceptors (Lipinski definition) is 6. The number of carboxylic acid groups (broad SMARTS) is 3. The van der Waals surface area contributed by atoms with Gasteiger partial charge in [0.1, 0.15) is 0 Å². The smallest absolute Gasteiger partial charge is 0.481 e. The van der Waals surface area contributed by atoms with E-state index in [2.05, 4.69) is 0 Å². The Morgan fingerprint density at radius 2 is 1.83 bits per heavy atom. The molecule has 2 bridgehead atoms. The topological polar surface area (TPSA) is 139 Å². The quantitative estimate of drug-likeness (QED) is 0.527. The van der Waals surface area contributed by atoms with Gasteiger partial charge in [0.25, 0.3) is 0 Å². The van der Waals surface area contributed by atoms with Crippen LogP contribution in [0.15, 0.2) is 36.4 Å². The molecule has 0 aromatic carbocycles. The third kappa shape index (κ3) is 2.61. The Kier molecular flexibility index (Phi) is 5.11. The number of allylic oxidation sites excluding steroid dienone is 2. The summed E-state index contributed by atoms with van der Waals surface area (Å²) in [5, 5.41) is 30.3. The van der Waals surface area contributed by atoms with Crippen molar-refractivity contribution in [2.75, 3.05) is 6.54 Å². The van der Waals surface area contributed by atoms with Crippen LogP contribution in [-0.2, 0) is 9.59 Å². The van der Waals surface area contributed by atoms with Gasteiger partial charge < -0.3 is 20.2 Å². The molecule has 162 valence electrons. The van der Waals surface area contributed by atoms with Gasteiger partial charge in [0.2, 0.25) is 17.6 Å². The van der Waals surface area contributed by atoms with Crippen molar-refractivity contribution >= 4 is 23.9 Å². The first kappa shape index (κ1) is 21.4. The fourth-order valence-electron chi connectivity index (χ4n) is 4.45. The number of amides is 2. The molecule has 11 nitrogen and oxygen atoms in total. The number of nitrogens with zero attached hydrogens (tertiary/aromatic N) is 4. The van der Waals surface area contributed by atoms with Gasteiger partial charge in [-0.05, 0) is 12.2 Å². The van der Waals surface area contributed by atoms with Crippen molar-refractivity contribution in [2.45, 2.75) is 45.4 Å². The second-order valence-electron chi connectivity index (χ2n) is 7.64. The van der Waals surface area contributed by atoms with Gasteiger partial charge in [0, 0.05) is 25.1 Å². The fourth-order valence-corrected chi connectivity index (χ4v) is 4.45. The lowest BCUT2D eigenvalue weighted by atomic mass is 9.90. The van der Waals surface area contributed by atoms with Crippen LogP contribution >= 0.6 is 0 Å². The molecule has 4 aliphatic rings. The molecule has 11 heteroatoms. The van der Waals surface area contributed by atoms with Crippen molar-refractivity contribution in [3.8, 4) is 0 Å². The van der Waals surface area contributed by atoms with Crippen molar-refractivity contribution in [1.29, 1.82) is 0 Å². The number of aliphatic carboxylic acids is 1. The molecule has 1 saturated heterocycles. The van der Waals surface area contributed by atoms with Crippen LogP contribution in [0.3, 0.4) is 0 Å². The van der Waals surface area contributed by atoms with Gasteiger partial charge in [-0.1, -0.05) is 31.4 Å². The van der Waals surface area contributed by atoms with Gasteiger partial charge in [-0.15, -0.1) is 5.01 Å². The van der Waals surface area contributed by atoms with E-state index < -0.39 is 40.5 Å². The van der Waals surface area contributed by atoms with E-state index in [4.69, 9.17) is 5.11 Å². The van der Waals surface area contributed by atoms with Crippen LogP contribution in [-0.4, -0.2) is 77.0 Å². The van der Waals surface area contributed by atoms with Crippen molar-refractivity contribution in [3.05, 3.63) is 36.4 Å². The number of rotatable bonds is 7. The van der Waals surface area contributed by atoms with Crippen LogP contribution in [0, 0.1) is 5.92 Å². The van der Waals surface area contributed by atoms with Gasteiger partial charge in [0.05, 0.1) is 6.42 Å². The van der Waals surface area contributed by atoms with Crippen LogP contribution in [0.4, 0.5) is 9.59 Å². The standard InChI is InChI=1S/C19H24N4O7/c1-4-14-21(17(27)28)13-11-23(14,18(29)30)22(13)19(16(26)12(2)3)8-5-6-9-20(19)10-7-15(24)25/h5-6,8-9,11-12,14H,4,7,10H2,1-3H3,(H2-,24,25,27,28,29,30)/p+1. The summed E-state index contributed by atoms with van der Waals surface area (Å²) < 4.78 is -0.877. The molecule has 0 spiro atoms. The number of carboxylic acids is 1. The van der Waals surface area contributed by atoms with E-state index in [-0.39, 0.29) is 31.0 Å². The Labute approximate surface area is 172 Å². The highest BCUT2D eigenvalue weighted by Crippen LogP contribution is 2.53. The van der Waals surface area contributed by atoms with Gasteiger partial charge in [-0.3, -0.25) is 9.59 Å². The van der Waals surface area contributed by atoms with Gasteiger partial charge in [-0.2, -0.15) is 9.69 Å². The Balaban J connectivity index is 2.21. The van der Waals surface area contributed by atoms with Crippen molar-refractivity contribution in [3.63, 3.8) is 0 Å². The summed E-state index contributed by atoms with van der Waals surface area (Å²) in [5.41, 5.74) is -1.68. The molecule has 4 heterocycles. The first-order chi connectivity index (χ1) is 14.1. The van der Waals surface area contributed by atoms with Crippen LogP contribution in [0.5, 0.6) is 0 Å². The predicted octanol–water partition coefficient (Wildman–Crippen LogP) is 2.02. The van der Waals surface area contributed by atoms with E-state index in [0.29, 0.717) is 0 Å². The summed E-state index contributed by atoms with van der Waals surface area (Å²) in [6, 6.07) is 0. The minimum absolute atomic E-state index is 0.0676. The Morgan fingerprint density at radius 1 is 1.17 bits per heavy atom. The van der Waals surface area contributed by atoms with Crippen LogP contribution in [0.25, 0.3) is 0 Å². The number of carbonyl (C=O) groups excluding carboxylic acids is 1. The van der Waals surface area contributed by atoms with E-state index in [0.717, 1.165) is 4.90 Å². The largest absolute Gasteiger partial charge is 0.546 e. The van der Waals surface area contributed by atoms with Gasteiger partial charge in [-0.25, -0.2) is 4.79 Å². The molecule has 0 aromatic heterocycles. The number of ketones is 1. The SMILES string of the molecule is CCC1N(C(=O)O)C2=C[N+]1(C(=O)O)N2C1(C(=O)C(C)C)C=CC=CN1CCC(=O)O. The summed E-state index contributed by atoms with van der Waals surface area (Å²) in [6.45, 7) is 4.93. The highest BCUT2D eigenvalue weighted by Gasteiger charge is 2.77. The number of fused-ring (bicyclic) bond motifs is 1. The molecule has 3 unspecified atom stereocenters. The molecule has 3 N–H and O–H groups in total. The third-order valence-corrected chi connectivity index (χ3v) is 5.66. The fraction of sp³-hybridized carbons (Fsp3) is 0.474. The molecule has 0 radical (unpaired) electrons. The first-order valence-corrected chi connectivity index (χ1v) is 9.62. The highest BCUT2D eigenvalue weighted by atomic mass is 16.4. The molecule has 4 aliphatic heterocycles. The lowest BCUT2D eigenvalue weighted by molar-refractivity contribution is -0.959. The maximum absolute atomic E-state index is 13.6. The van der Waals surface area contributed by atoms with E-state index in [1.165, 1.54) is 28.4 Å². The van der Waals surface area contributed by atoms with Gasteiger partial charge in [0.15, 0.2) is 12.0 Å². The average molecular weight is 421 g/mol. The summed E-state index contributed by atoms with van der Waals surface area (Å²) in [6.07, 6.45) is 3.83. The molecule has 2 amide bonds. The monoisotopic (exact) mass is 421 g/mol. The van der Waals surface area contributed by atoms with E-state index in [9.17, 15) is 29.4 Å². The Hall–Kier alpha value is -3.34. The number of carbonyl (C=O) groups is 4. The third-order valence-electron chi connectivity index (χ3n) is 5.66. The maximum Gasteiger partial charge on any atom is 0.546 e. The molecule has 1 fully saturated rings. The van der Waals surface area contributed by atoms with Crippen LogP contribution < -0.4 is 0 Å². The minimum Gasteiger partial charge on any atom is -0.481 e. The maximum atomic E-state index is 13.6. The molecule has 0 aliphatic carbocycles. The zero-order chi connectivity index (χ0) is 22.4. The normalized spacial score (nSPS) is 29.1. The van der Waals surface area contributed by atoms with E-state index >= 15 is 0 Å². The number of hydrogen-bond donors (Lipinski definition) is 3. The summed E-state index contributed by atoms with van der Waals surface area (Å²) in [5.74, 6) is -1.89. The van der Waals surface area contributed by atoms with E-state index in [1.54, 1.807) is 32.9 Å². The predicted molar refractivity (Wildman–Crippen MR) is 102 cm³/mol. The first-order valence-electron chi connectivity index (χ1n) is 9.62. The van der Waals surface area contributed by atoms with Crippen molar-refractivity contribution in [1.82, 2.24) is 14.8 Å². The van der Waals surface area contributed by atoms with Crippen LogP contribution in [0.1, 0.15) is 33.6 Å². The minimum atomic E-state index is -1.68. The molecule has 0 aromatic rings. The molecule has 30 heavy (non-hydrogen) atoms. The van der Waals surface area contributed by atoms with Gasteiger partial charge >= 0.3 is 18.2 Å². The van der Waals surface area contributed by atoms with E-state index in [1.807, 2.05) is 0 Å². The summed E-state index contributed by atoms with van der Waals surface area (Å²) in [7, 11) is 0. The second-order valence-corrected chi connectivity index (χ2v) is 7.64. The number of quaternary nitrogens is 1. The molecular formula is C19H25N4O7+. The zero-order valence-electron chi connectivity index (χ0n) is 16.9. The second kappa shape index (κ2) is 7.17. The van der Waals surface area contributed by atoms with Crippen LogP contribution in [0.2, 0.25) is 0 Å². The van der Waals surface area contributed by atoms with Crippen molar-refractivity contribution in [2.24, 2.45) is 5.92 Å². The summed E-state index contributed by atoms with van der Waals surface area (Å²) >= 11 is 0. The lowest BCUT2D eigenvalue weighted by Gasteiger charge is -2.53.